The lowest BCUT2D eigenvalue weighted by molar-refractivity contribution is -0.302. The van der Waals surface area contributed by atoms with Crippen LogP contribution in [0.5, 0.6) is 0 Å². The molecule has 1 fully saturated rings. The van der Waals surface area contributed by atoms with Gasteiger partial charge in [0.15, 0.2) is 6.29 Å². The molecule has 0 bridgehead atoms. The van der Waals surface area contributed by atoms with Gasteiger partial charge in [-0.2, -0.15) is 0 Å². The highest BCUT2D eigenvalue weighted by Gasteiger charge is 2.44. The Morgan fingerprint density at radius 3 is 1.41 bits per heavy atom. The first-order valence-electron chi connectivity index (χ1n) is 32.7. The summed E-state index contributed by atoms with van der Waals surface area (Å²) in [5.74, 6) is -0.213. The maximum Gasteiger partial charge on any atom is 0.305 e. The van der Waals surface area contributed by atoms with Gasteiger partial charge in [-0.15, -0.1) is 0 Å². The van der Waals surface area contributed by atoms with Crippen LogP contribution in [-0.4, -0.2) is 100 Å². The largest absolute Gasteiger partial charge is 0.466 e. The fourth-order valence-electron chi connectivity index (χ4n) is 9.91. The molecule has 0 radical (unpaired) electrons. The van der Waals surface area contributed by atoms with E-state index in [1.54, 1.807) is 6.08 Å². The molecular formula is C68H121NO10. The van der Waals surface area contributed by atoms with Crippen molar-refractivity contribution in [2.75, 3.05) is 19.8 Å². The topological polar surface area (TPSA) is 175 Å². The molecule has 458 valence electrons. The number of rotatable bonds is 56. The van der Waals surface area contributed by atoms with E-state index in [2.05, 4.69) is 66.9 Å². The molecule has 0 aromatic rings. The first kappa shape index (κ1) is 74.1. The van der Waals surface area contributed by atoms with E-state index < -0.39 is 49.5 Å². The molecule has 0 spiro atoms. The molecule has 0 aromatic carbocycles. The Morgan fingerprint density at radius 2 is 0.911 bits per heavy atom. The summed E-state index contributed by atoms with van der Waals surface area (Å²) in [4.78, 5) is 25.1. The molecule has 11 nitrogen and oxygen atoms in total. The molecule has 1 aliphatic heterocycles. The highest BCUT2D eigenvalue weighted by atomic mass is 16.7. The van der Waals surface area contributed by atoms with Gasteiger partial charge >= 0.3 is 5.97 Å². The summed E-state index contributed by atoms with van der Waals surface area (Å²) in [7, 11) is 0. The van der Waals surface area contributed by atoms with Crippen molar-refractivity contribution in [2.45, 2.75) is 326 Å². The van der Waals surface area contributed by atoms with Crippen LogP contribution < -0.4 is 5.32 Å². The van der Waals surface area contributed by atoms with Gasteiger partial charge in [0.05, 0.1) is 32.0 Å². The second-order valence-electron chi connectivity index (χ2n) is 22.5. The van der Waals surface area contributed by atoms with Crippen molar-refractivity contribution >= 4 is 11.9 Å². The van der Waals surface area contributed by atoms with Gasteiger partial charge in [0.25, 0.3) is 0 Å². The fourth-order valence-corrected chi connectivity index (χ4v) is 9.91. The summed E-state index contributed by atoms with van der Waals surface area (Å²) < 4.78 is 16.7. The molecule has 1 amide bonds. The molecule has 1 saturated heterocycles. The predicted octanol–water partition coefficient (Wildman–Crippen LogP) is 16.0. The molecule has 6 N–H and O–H groups in total. The maximum atomic E-state index is 13.0. The fraction of sp³-hybridized carbons (Fsp3) is 0.794. The van der Waals surface area contributed by atoms with Crippen molar-refractivity contribution < 1.29 is 49.3 Å². The van der Waals surface area contributed by atoms with Crippen LogP contribution in [0.25, 0.3) is 0 Å². The van der Waals surface area contributed by atoms with Gasteiger partial charge in [-0.3, -0.25) is 9.59 Å². The minimum absolute atomic E-state index is 0.00748. The molecule has 79 heavy (non-hydrogen) atoms. The van der Waals surface area contributed by atoms with Crippen molar-refractivity contribution in [3.63, 3.8) is 0 Å². The maximum absolute atomic E-state index is 13.0. The summed E-state index contributed by atoms with van der Waals surface area (Å²) >= 11 is 0. The summed E-state index contributed by atoms with van der Waals surface area (Å²) in [6, 6.07) is -0.838. The number of ether oxygens (including phenoxy) is 3. The van der Waals surface area contributed by atoms with E-state index in [-0.39, 0.29) is 18.5 Å². The van der Waals surface area contributed by atoms with Gasteiger partial charge < -0.3 is 45.1 Å². The molecule has 0 saturated carbocycles. The number of amides is 1. The van der Waals surface area contributed by atoms with Crippen molar-refractivity contribution in [3.05, 3.63) is 72.9 Å². The lowest BCUT2D eigenvalue weighted by Crippen LogP contribution is -2.60. The minimum atomic E-state index is -1.58. The molecule has 7 atom stereocenters. The molecule has 7 unspecified atom stereocenters. The average Bonchev–Trinajstić information content (AvgIpc) is 3.46. The zero-order valence-corrected chi connectivity index (χ0v) is 50.6. The Balaban J connectivity index is 1.96. The Labute approximate surface area is 483 Å². The van der Waals surface area contributed by atoms with E-state index in [0.29, 0.717) is 19.4 Å². The van der Waals surface area contributed by atoms with E-state index in [4.69, 9.17) is 14.2 Å². The quantitative estimate of drug-likeness (QED) is 0.0195. The predicted molar refractivity (Wildman–Crippen MR) is 329 cm³/mol. The Bertz CT molecular complexity index is 1540. The minimum Gasteiger partial charge on any atom is -0.466 e. The second-order valence-corrected chi connectivity index (χ2v) is 22.5. The van der Waals surface area contributed by atoms with Gasteiger partial charge in [0.1, 0.15) is 24.4 Å². The normalized spacial score (nSPS) is 18.9. The molecule has 1 heterocycles. The first-order chi connectivity index (χ1) is 38.7. The van der Waals surface area contributed by atoms with Gasteiger partial charge in [-0.05, 0) is 110 Å². The van der Waals surface area contributed by atoms with Crippen molar-refractivity contribution in [1.82, 2.24) is 5.32 Å². The number of unbranched alkanes of at least 4 members (excludes halogenated alkanes) is 33. The lowest BCUT2D eigenvalue weighted by atomic mass is 9.99. The molecule has 1 aliphatic rings. The van der Waals surface area contributed by atoms with Crippen LogP contribution in [0.1, 0.15) is 284 Å². The molecule has 0 aromatic heterocycles. The number of allylic oxidation sites excluding steroid dienone is 11. The van der Waals surface area contributed by atoms with Gasteiger partial charge in [0, 0.05) is 12.8 Å². The third-order valence-corrected chi connectivity index (χ3v) is 15.1. The standard InChI is InChI=1S/C68H121NO10/c1-3-5-7-9-11-13-14-15-16-17-27-30-33-36-40-44-48-52-56-64(73)77-57-53-49-45-41-37-34-31-28-25-23-21-19-18-20-22-24-26-29-32-35-39-43-47-51-55-63(72)69-60(61(71)54-50-46-42-38-12-10-8-6-4-2)59-78-68-67(76)66(75)65(74)62(58-70)79-68/h4,6,12-14,16-17,20,22,38,50,54,60-62,65-68,70-71,74-76H,3,5,7-11,15,18-19,21,23-37,39-49,51-53,55-59H2,1-2H3,(H,69,72)/b6-4+,14-13-,17-16-,22-20-,38-12+,54-50+. The van der Waals surface area contributed by atoms with Gasteiger partial charge in [-0.25, -0.2) is 0 Å². The van der Waals surface area contributed by atoms with Crippen LogP contribution >= 0.6 is 0 Å². The van der Waals surface area contributed by atoms with Crippen molar-refractivity contribution in [3.8, 4) is 0 Å². The molecular weight excluding hydrogens is 991 g/mol. The second kappa shape index (κ2) is 56.9. The van der Waals surface area contributed by atoms with Crippen LogP contribution in [0, 0.1) is 0 Å². The number of aliphatic hydroxyl groups excluding tert-OH is 5. The van der Waals surface area contributed by atoms with Crippen LogP contribution in [0.15, 0.2) is 72.9 Å². The molecule has 11 heteroatoms. The molecule has 0 aliphatic carbocycles. The van der Waals surface area contributed by atoms with Crippen LogP contribution in [0.4, 0.5) is 0 Å². The Kier molecular flexibility index (Phi) is 53.4. The van der Waals surface area contributed by atoms with Gasteiger partial charge in [-0.1, -0.05) is 234 Å². The van der Waals surface area contributed by atoms with E-state index in [9.17, 15) is 35.1 Å². The van der Waals surface area contributed by atoms with Crippen LogP contribution in [0.3, 0.4) is 0 Å². The van der Waals surface area contributed by atoms with Crippen LogP contribution in [0.2, 0.25) is 0 Å². The average molecular weight is 1110 g/mol. The first-order valence-corrected chi connectivity index (χ1v) is 32.7. The van der Waals surface area contributed by atoms with Gasteiger partial charge in [0.2, 0.25) is 5.91 Å². The van der Waals surface area contributed by atoms with E-state index in [1.165, 1.54) is 167 Å². The third-order valence-electron chi connectivity index (χ3n) is 15.1. The Morgan fingerprint density at radius 1 is 0.494 bits per heavy atom. The number of hydrogen-bond donors (Lipinski definition) is 6. The zero-order chi connectivity index (χ0) is 57.3. The summed E-state index contributed by atoms with van der Waals surface area (Å²) in [6.45, 7) is 4.07. The van der Waals surface area contributed by atoms with Crippen molar-refractivity contribution in [2.24, 2.45) is 0 Å². The van der Waals surface area contributed by atoms with E-state index in [1.807, 2.05) is 19.1 Å². The number of aliphatic hydroxyl groups is 5. The van der Waals surface area contributed by atoms with E-state index >= 15 is 0 Å². The summed E-state index contributed by atoms with van der Waals surface area (Å²) in [5.41, 5.74) is 0. The third kappa shape index (κ3) is 46.3. The number of esters is 1. The van der Waals surface area contributed by atoms with Crippen LogP contribution in [-0.2, 0) is 23.8 Å². The number of hydrogen-bond acceptors (Lipinski definition) is 10. The Hall–Kier alpha value is -2.90. The number of carbonyl (C=O) groups is 2. The smallest absolute Gasteiger partial charge is 0.305 e. The zero-order valence-electron chi connectivity index (χ0n) is 50.6. The SMILES string of the molecule is C/C=C/CC/C=C/CC/C=C/C(O)C(COC1OC(CO)C(O)C(O)C1O)NC(=O)CCCCCCCCCC/C=C\CCCCCCCCCCCCCCOC(=O)CCCCCCCCC/C=C\C/C=C\CCCCCC. The van der Waals surface area contributed by atoms with Crippen molar-refractivity contribution in [1.29, 1.82) is 0 Å². The monoisotopic (exact) mass is 1110 g/mol. The highest BCUT2D eigenvalue weighted by molar-refractivity contribution is 5.76. The summed E-state index contributed by atoms with van der Waals surface area (Å²) in [6.07, 6.45) is 66.2. The number of carbonyl (C=O) groups excluding carboxylic acids is 2. The highest BCUT2D eigenvalue weighted by Crippen LogP contribution is 2.23. The lowest BCUT2D eigenvalue weighted by Gasteiger charge is -2.40. The molecule has 1 rings (SSSR count). The summed E-state index contributed by atoms with van der Waals surface area (Å²) in [5, 5.41) is 54.2. The van der Waals surface area contributed by atoms with E-state index in [0.717, 1.165) is 89.9 Å². The number of nitrogens with one attached hydrogen (secondary N) is 1.